The lowest BCUT2D eigenvalue weighted by Crippen LogP contribution is -2.67. The van der Waals surface area contributed by atoms with Crippen molar-refractivity contribution in [2.45, 2.75) is 38.4 Å². The average molecular weight is 421 g/mol. The van der Waals surface area contributed by atoms with E-state index in [1.807, 2.05) is 30.3 Å². The molecule has 1 aromatic carbocycles. The summed E-state index contributed by atoms with van der Waals surface area (Å²) >= 11 is 0. The zero-order valence-electron chi connectivity index (χ0n) is 17.5. The lowest BCUT2D eigenvalue weighted by Gasteiger charge is -2.46. The normalized spacial score (nSPS) is 19.8. The van der Waals surface area contributed by atoms with Crippen molar-refractivity contribution in [3.05, 3.63) is 35.9 Å². The average Bonchev–Trinajstić information content (AvgIpc) is 2.67. The van der Waals surface area contributed by atoms with Gasteiger partial charge in [0, 0.05) is 20.0 Å². The summed E-state index contributed by atoms with van der Waals surface area (Å²) in [4.78, 5) is 55.8. The second-order valence-electron chi connectivity index (χ2n) is 7.09. The number of carbonyl (C=O) groups excluding carboxylic acids is 3. The van der Waals surface area contributed by atoms with Crippen LogP contribution in [-0.2, 0) is 28.8 Å². The van der Waals surface area contributed by atoms with E-state index in [-0.39, 0.29) is 13.2 Å². The largest absolute Gasteiger partial charge is 0.481 e. The number of ether oxygens (including phenoxy) is 1. The summed E-state index contributed by atoms with van der Waals surface area (Å²) < 4.78 is 5.25. The van der Waals surface area contributed by atoms with Crippen LogP contribution in [0.1, 0.15) is 31.7 Å². The molecule has 0 aliphatic carbocycles. The number of ketones is 1. The predicted octanol–water partition coefficient (Wildman–Crippen LogP) is 0.644. The predicted molar refractivity (Wildman–Crippen MR) is 105 cm³/mol. The van der Waals surface area contributed by atoms with Gasteiger partial charge >= 0.3 is 17.9 Å². The van der Waals surface area contributed by atoms with Gasteiger partial charge in [-0.2, -0.15) is 0 Å². The van der Waals surface area contributed by atoms with Crippen LogP contribution in [0.2, 0.25) is 0 Å². The van der Waals surface area contributed by atoms with Gasteiger partial charge in [-0.3, -0.25) is 19.3 Å². The first-order valence-corrected chi connectivity index (χ1v) is 9.56. The van der Waals surface area contributed by atoms with Gasteiger partial charge in [-0.05, 0) is 17.7 Å². The number of Topliss-reactive ketones (excluding diaryl/α,β-unsaturated/α-hetero) is 1. The molecule has 2 rings (SSSR count). The molecule has 0 amide bonds. The van der Waals surface area contributed by atoms with Crippen molar-refractivity contribution in [1.29, 1.82) is 0 Å². The maximum atomic E-state index is 13.0. The van der Waals surface area contributed by atoms with Gasteiger partial charge in [0.1, 0.15) is 19.0 Å². The number of carboxylic acids is 1. The Balaban J connectivity index is 2.54. The first-order chi connectivity index (χ1) is 14.2. The third kappa shape index (κ3) is 5.41. The number of benzene rings is 1. The molecular formula is C20H27N3O7. The number of esters is 1. The number of carbonyl (C=O) groups is 4. The lowest BCUT2D eigenvalue weighted by molar-refractivity contribution is -0.310. The number of carboxylic acid groups (broad SMARTS) is 1. The Morgan fingerprint density at radius 1 is 1.27 bits per heavy atom. The zero-order chi connectivity index (χ0) is 22.4. The van der Waals surface area contributed by atoms with E-state index in [0.717, 1.165) is 10.7 Å². The fourth-order valence-electron chi connectivity index (χ4n) is 3.44. The maximum absolute atomic E-state index is 13.0. The zero-order valence-corrected chi connectivity index (χ0v) is 17.5. The molecule has 1 fully saturated rings. The molecule has 1 saturated heterocycles. The van der Waals surface area contributed by atoms with E-state index in [9.17, 15) is 19.2 Å². The molecule has 1 N–H and O–H groups in total. The van der Waals surface area contributed by atoms with Crippen LogP contribution in [0.5, 0.6) is 0 Å². The number of hydrogen-bond donors (Lipinski definition) is 1. The second-order valence-corrected chi connectivity index (χ2v) is 7.09. The van der Waals surface area contributed by atoms with E-state index in [4.69, 9.17) is 14.7 Å². The summed E-state index contributed by atoms with van der Waals surface area (Å²) in [6.45, 7) is 3.18. The Morgan fingerprint density at radius 3 is 2.43 bits per heavy atom. The SMILES string of the molecule is CCOC(=O)[C@H]([C@@H](C)c1ccccc1)N1CC(=O)ON(N(C)C)[C@H]1C(=O)CC(=O)O. The molecule has 0 saturated carbocycles. The van der Waals surface area contributed by atoms with Gasteiger partial charge in [-0.25, -0.2) is 9.80 Å². The summed E-state index contributed by atoms with van der Waals surface area (Å²) in [5.41, 5.74) is 0.801. The van der Waals surface area contributed by atoms with Crippen LogP contribution in [0.3, 0.4) is 0 Å². The molecule has 0 unspecified atom stereocenters. The molecule has 0 bridgehead atoms. The highest BCUT2D eigenvalue weighted by Gasteiger charge is 2.48. The quantitative estimate of drug-likeness (QED) is 0.450. The Kier molecular flexibility index (Phi) is 8.04. The van der Waals surface area contributed by atoms with Crippen molar-refractivity contribution in [1.82, 2.24) is 15.1 Å². The van der Waals surface area contributed by atoms with E-state index < -0.39 is 48.2 Å². The minimum Gasteiger partial charge on any atom is -0.481 e. The summed E-state index contributed by atoms with van der Waals surface area (Å²) in [5.74, 6) is -3.80. The third-order valence-corrected chi connectivity index (χ3v) is 4.72. The Morgan fingerprint density at radius 2 is 1.90 bits per heavy atom. The van der Waals surface area contributed by atoms with Gasteiger partial charge < -0.3 is 14.7 Å². The van der Waals surface area contributed by atoms with Gasteiger partial charge in [0.15, 0.2) is 11.9 Å². The van der Waals surface area contributed by atoms with Crippen LogP contribution >= 0.6 is 0 Å². The van der Waals surface area contributed by atoms with Gasteiger partial charge in [-0.15, -0.1) is 0 Å². The molecule has 1 aliphatic heterocycles. The number of hydrogen-bond acceptors (Lipinski definition) is 9. The minimum atomic E-state index is -1.32. The molecule has 0 spiro atoms. The topological polar surface area (TPSA) is 117 Å². The third-order valence-electron chi connectivity index (χ3n) is 4.72. The molecule has 30 heavy (non-hydrogen) atoms. The maximum Gasteiger partial charge on any atom is 0.340 e. The molecule has 1 aromatic rings. The highest BCUT2D eigenvalue weighted by Crippen LogP contribution is 2.29. The van der Waals surface area contributed by atoms with Crippen molar-refractivity contribution >= 4 is 23.7 Å². The van der Waals surface area contributed by atoms with Gasteiger partial charge in [-0.1, -0.05) is 37.3 Å². The molecule has 10 heteroatoms. The van der Waals surface area contributed by atoms with Crippen molar-refractivity contribution in [3.8, 4) is 0 Å². The number of hydroxylamine groups is 1. The smallest absolute Gasteiger partial charge is 0.340 e. The van der Waals surface area contributed by atoms with E-state index in [1.165, 1.54) is 24.0 Å². The van der Waals surface area contributed by atoms with Crippen molar-refractivity contribution in [2.75, 3.05) is 27.2 Å². The van der Waals surface area contributed by atoms with Crippen LogP contribution in [0.25, 0.3) is 0 Å². The second kappa shape index (κ2) is 10.3. The Bertz CT molecular complexity index is 784. The van der Waals surface area contributed by atoms with E-state index in [2.05, 4.69) is 0 Å². The highest BCUT2D eigenvalue weighted by molar-refractivity contribution is 5.98. The van der Waals surface area contributed by atoms with Crippen LogP contribution < -0.4 is 0 Å². The van der Waals surface area contributed by atoms with E-state index in [1.54, 1.807) is 13.8 Å². The monoisotopic (exact) mass is 421 g/mol. The number of nitrogens with zero attached hydrogens (tertiary/aromatic N) is 3. The van der Waals surface area contributed by atoms with Crippen LogP contribution in [0.4, 0.5) is 0 Å². The van der Waals surface area contributed by atoms with Crippen LogP contribution in [-0.4, -0.2) is 83.3 Å². The number of rotatable bonds is 9. The van der Waals surface area contributed by atoms with Gasteiger partial charge in [0.05, 0.1) is 6.61 Å². The van der Waals surface area contributed by atoms with Crippen LogP contribution in [0.15, 0.2) is 30.3 Å². The Labute approximate surface area is 174 Å². The standard InChI is InChI=1S/C20H27N3O7/c1-5-29-20(28)18(13(2)14-9-7-6-8-10-14)22-12-17(27)30-23(21(3)4)19(22)15(24)11-16(25)26/h6-10,13,18-19H,5,11-12H2,1-4H3,(H,25,26)/t13-,18-,19-/m0/s1. The van der Waals surface area contributed by atoms with Crippen molar-refractivity contribution in [3.63, 3.8) is 0 Å². The molecule has 0 radical (unpaired) electrons. The lowest BCUT2D eigenvalue weighted by atomic mass is 9.91. The Hall–Kier alpha value is -2.82. The molecule has 10 nitrogen and oxygen atoms in total. The molecule has 0 aromatic heterocycles. The molecule has 3 atom stereocenters. The number of hydrazine groups is 1. The van der Waals surface area contributed by atoms with Crippen molar-refractivity contribution < 1.29 is 33.9 Å². The van der Waals surface area contributed by atoms with Crippen LogP contribution in [0, 0.1) is 0 Å². The fraction of sp³-hybridized carbons (Fsp3) is 0.500. The van der Waals surface area contributed by atoms with Crippen molar-refractivity contribution in [2.24, 2.45) is 0 Å². The van der Waals surface area contributed by atoms with E-state index >= 15 is 0 Å². The first-order valence-electron chi connectivity index (χ1n) is 9.56. The summed E-state index contributed by atoms with van der Waals surface area (Å²) in [6.07, 6.45) is -2.09. The molecule has 1 aliphatic rings. The van der Waals surface area contributed by atoms with Gasteiger partial charge in [0.25, 0.3) is 0 Å². The van der Waals surface area contributed by atoms with E-state index in [0.29, 0.717) is 0 Å². The molecule has 164 valence electrons. The summed E-state index contributed by atoms with van der Waals surface area (Å²) in [5, 5.41) is 11.5. The van der Waals surface area contributed by atoms with Gasteiger partial charge in [0.2, 0.25) is 0 Å². The summed E-state index contributed by atoms with van der Waals surface area (Å²) in [7, 11) is 3.08. The molecular weight excluding hydrogens is 394 g/mol. The minimum absolute atomic E-state index is 0.111. The highest BCUT2D eigenvalue weighted by atomic mass is 16.8. The number of aliphatic carboxylic acids is 1. The first kappa shape index (κ1) is 23.5. The molecule has 1 heterocycles. The fourth-order valence-corrected chi connectivity index (χ4v) is 3.44. The summed E-state index contributed by atoms with van der Waals surface area (Å²) in [6, 6.07) is 8.11.